The lowest BCUT2D eigenvalue weighted by Gasteiger charge is -2.34. The number of hydrogen-bond acceptors (Lipinski definition) is 4. The van der Waals surface area contributed by atoms with Crippen LogP contribution in [0.4, 0.5) is 4.79 Å². The molecule has 5 nitrogen and oxygen atoms in total. The summed E-state index contributed by atoms with van der Waals surface area (Å²) in [5, 5.41) is 10.5. The monoisotopic (exact) mass is 337 g/mol. The van der Waals surface area contributed by atoms with Gasteiger partial charge >= 0.3 is 6.03 Å². The van der Waals surface area contributed by atoms with Gasteiger partial charge in [-0.3, -0.25) is 4.90 Å². The smallest absolute Gasteiger partial charge is 0.315 e. The van der Waals surface area contributed by atoms with Gasteiger partial charge in [0, 0.05) is 25.7 Å². The van der Waals surface area contributed by atoms with E-state index in [9.17, 15) is 4.79 Å². The Labute approximate surface area is 142 Å². The van der Waals surface area contributed by atoms with Gasteiger partial charge in [-0.05, 0) is 35.2 Å². The number of ether oxygens (including phenoxy) is 1. The van der Waals surface area contributed by atoms with Crippen LogP contribution in [0.3, 0.4) is 0 Å². The fraction of sp³-hybridized carbons (Fsp3) is 0.706. The van der Waals surface area contributed by atoms with Gasteiger partial charge in [0.05, 0.1) is 19.3 Å². The van der Waals surface area contributed by atoms with E-state index in [4.69, 9.17) is 4.74 Å². The number of rotatable bonds is 5. The molecule has 0 bridgehead atoms. The third kappa shape index (κ3) is 4.93. The first-order valence-electron chi connectivity index (χ1n) is 8.71. The van der Waals surface area contributed by atoms with Crippen LogP contribution in [0.1, 0.15) is 43.7 Å². The van der Waals surface area contributed by atoms with Crippen LogP contribution >= 0.6 is 11.3 Å². The number of urea groups is 1. The SMILES string of the molecule is O=C(NC[C@H](c1ccsc1)N1CCOCC1)NC1CCCCC1. The van der Waals surface area contributed by atoms with Crippen molar-refractivity contribution in [1.82, 2.24) is 15.5 Å². The van der Waals surface area contributed by atoms with Crippen molar-refractivity contribution in [3.05, 3.63) is 22.4 Å². The highest BCUT2D eigenvalue weighted by atomic mass is 32.1. The highest BCUT2D eigenvalue weighted by molar-refractivity contribution is 7.07. The molecule has 0 unspecified atom stereocenters. The number of morpholine rings is 1. The third-order valence-electron chi connectivity index (χ3n) is 4.81. The molecule has 3 rings (SSSR count). The molecular formula is C17H27N3O2S. The van der Waals surface area contributed by atoms with Crippen LogP contribution < -0.4 is 10.6 Å². The first-order chi connectivity index (χ1) is 11.3. The number of carbonyl (C=O) groups excluding carboxylic acids is 1. The predicted octanol–water partition coefficient (Wildman–Crippen LogP) is 2.75. The predicted molar refractivity (Wildman–Crippen MR) is 92.9 cm³/mol. The summed E-state index contributed by atoms with van der Waals surface area (Å²) >= 11 is 1.71. The van der Waals surface area contributed by atoms with Gasteiger partial charge in [-0.25, -0.2) is 4.79 Å². The Morgan fingerprint density at radius 2 is 2.09 bits per heavy atom. The molecule has 23 heavy (non-hydrogen) atoms. The summed E-state index contributed by atoms with van der Waals surface area (Å²) in [5.74, 6) is 0. The maximum Gasteiger partial charge on any atom is 0.315 e. The second-order valence-electron chi connectivity index (χ2n) is 6.41. The average molecular weight is 337 g/mol. The van der Waals surface area contributed by atoms with Gasteiger partial charge in [-0.1, -0.05) is 19.3 Å². The molecule has 0 aromatic carbocycles. The van der Waals surface area contributed by atoms with Gasteiger partial charge in [0.15, 0.2) is 0 Å². The molecule has 0 radical (unpaired) electrons. The summed E-state index contributed by atoms with van der Waals surface area (Å²) in [4.78, 5) is 14.6. The molecule has 2 heterocycles. The lowest BCUT2D eigenvalue weighted by Crippen LogP contribution is -2.47. The summed E-state index contributed by atoms with van der Waals surface area (Å²) in [7, 11) is 0. The lowest BCUT2D eigenvalue weighted by molar-refractivity contribution is 0.0167. The van der Waals surface area contributed by atoms with Crippen LogP contribution in [0.5, 0.6) is 0 Å². The van der Waals surface area contributed by atoms with Gasteiger partial charge in [0.2, 0.25) is 0 Å². The average Bonchev–Trinajstić information content (AvgIpc) is 3.11. The number of hydrogen-bond donors (Lipinski definition) is 2. The van der Waals surface area contributed by atoms with Crippen molar-refractivity contribution in [3.8, 4) is 0 Å². The zero-order chi connectivity index (χ0) is 15.9. The van der Waals surface area contributed by atoms with Crippen LogP contribution in [-0.2, 0) is 4.74 Å². The molecule has 1 saturated heterocycles. The fourth-order valence-corrected chi connectivity index (χ4v) is 4.19. The van der Waals surface area contributed by atoms with E-state index in [2.05, 4.69) is 32.4 Å². The normalized spacial score (nSPS) is 21.7. The third-order valence-corrected chi connectivity index (χ3v) is 5.51. The van der Waals surface area contributed by atoms with Gasteiger partial charge in [-0.15, -0.1) is 0 Å². The van der Waals surface area contributed by atoms with E-state index in [1.54, 1.807) is 11.3 Å². The minimum atomic E-state index is -0.0228. The van der Waals surface area contributed by atoms with Gasteiger partial charge in [0.25, 0.3) is 0 Å². The van der Waals surface area contributed by atoms with Crippen molar-refractivity contribution in [2.45, 2.75) is 44.2 Å². The standard InChI is InChI=1S/C17H27N3O2S/c21-17(19-15-4-2-1-3-5-15)18-12-16(14-6-11-23-13-14)20-7-9-22-10-8-20/h6,11,13,15-16H,1-5,7-10,12H2,(H2,18,19,21)/t16-/m1/s1. The van der Waals surface area contributed by atoms with E-state index >= 15 is 0 Å². The van der Waals surface area contributed by atoms with Gasteiger partial charge < -0.3 is 15.4 Å². The molecule has 1 aliphatic heterocycles. The van der Waals surface area contributed by atoms with E-state index in [1.807, 2.05) is 0 Å². The Hall–Kier alpha value is -1.11. The van der Waals surface area contributed by atoms with E-state index in [0.717, 1.165) is 39.1 Å². The van der Waals surface area contributed by atoms with Crippen LogP contribution in [0.25, 0.3) is 0 Å². The molecule has 1 atom stereocenters. The summed E-state index contributed by atoms with van der Waals surface area (Å²) in [5.41, 5.74) is 1.29. The quantitative estimate of drug-likeness (QED) is 0.869. The number of thiophene rings is 1. The molecule has 2 N–H and O–H groups in total. The summed E-state index contributed by atoms with van der Waals surface area (Å²) in [6.07, 6.45) is 6.00. The maximum absolute atomic E-state index is 12.2. The zero-order valence-corrected chi connectivity index (χ0v) is 14.4. The number of amides is 2. The van der Waals surface area contributed by atoms with Crippen LogP contribution in [0.15, 0.2) is 16.8 Å². The first-order valence-corrected chi connectivity index (χ1v) is 9.65. The molecule has 2 amide bonds. The molecule has 1 saturated carbocycles. The van der Waals surface area contributed by atoms with Crippen LogP contribution in [0.2, 0.25) is 0 Å². The molecule has 1 aliphatic carbocycles. The van der Waals surface area contributed by atoms with E-state index in [1.165, 1.54) is 24.8 Å². The molecule has 2 fully saturated rings. The Kier molecular flexibility index (Phi) is 6.30. The summed E-state index contributed by atoms with van der Waals surface area (Å²) < 4.78 is 5.45. The highest BCUT2D eigenvalue weighted by Gasteiger charge is 2.24. The second kappa shape index (κ2) is 8.66. The highest BCUT2D eigenvalue weighted by Crippen LogP contribution is 2.23. The molecule has 0 spiro atoms. The molecule has 1 aromatic rings. The van der Waals surface area contributed by atoms with Crippen molar-refractivity contribution < 1.29 is 9.53 Å². The maximum atomic E-state index is 12.2. The lowest BCUT2D eigenvalue weighted by atomic mass is 9.96. The van der Waals surface area contributed by atoms with Crippen LogP contribution in [0, 0.1) is 0 Å². The molecule has 128 valence electrons. The van der Waals surface area contributed by atoms with E-state index < -0.39 is 0 Å². The van der Waals surface area contributed by atoms with E-state index in [0.29, 0.717) is 12.6 Å². The summed E-state index contributed by atoms with van der Waals surface area (Å²) in [6, 6.07) is 2.73. The minimum Gasteiger partial charge on any atom is -0.379 e. The number of nitrogens with zero attached hydrogens (tertiary/aromatic N) is 1. The molecule has 6 heteroatoms. The largest absolute Gasteiger partial charge is 0.379 e. The Morgan fingerprint density at radius 1 is 1.30 bits per heavy atom. The van der Waals surface area contributed by atoms with Gasteiger partial charge in [-0.2, -0.15) is 11.3 Å². The zero-order valence-electron chi connectivity index (χ0n) is 13.6. The van der Waals surface area contributed by atoms with Crippen molar-refractivity contribution >= 4 is 17.4 Å². The Morgan fingerprint density at radius 3 is 2.78 bits per heavy atom. The fourth-order valence-electron chi connectivity index (χ4n) is 3.48. The topological polar surface area (TPSA) is 53.6 Å². The molecule has 2 aliphatic rings. The Balaban J connectivity index is 1.52. The van der Waals surface area contributed by atoms with Crippen molar-refractivity contribution in [1.29, 1.82) is 0 Å². The van der Waals surface area contributed by atoms with Crippen molar-refractivity contribution in [2.75, 3.05) is 32.8 Å². The van der Waals surface area contributed by atoms with Gasteiger partial charge in [0.1, 0.15) is 0 Å². The molecular weight excluding hydrogens is 310 g/mol. The van der Waals surface area contributed by atoms with Crippen molar-refractivity contribution in [2.24, 2.45) is 0 Å². The van der Waals surface area contributed by atoms with Crippen molar-refractivity contribution in [3.63, 3.8) is 0 Å². The minimum absolute atomic E-state index is 0.0228. The first kappa shape index (κ1) is 16.7. The molecule has 1 aromatic heterocycles. The summed E-state index contributed by atoms with van der Waals surface area (Å²) in [6.45, 7) is 4.04. The van der Waals surface area contributed by atoms with Crippen LogP contribution in [-0.4, -0.2) is 49.8 Å². The number of carbonyl (C=O) groups is 1. The number of nitrogens with one attached hydrogen (secondary N) is 2. The Bertz CT molecular complexity index is 468. The second-order valence-corrected chi connectivity index (χ2v) is 7.19. The van der Waals surface area contributed by atoms with E-state index in [-0.39, 0.29) is 12.1 Å².